The number of esters is 1. The van der Waals surface area contributed by atoms with E-state index < -0.39 is 23.5 Å². The number of carbonyl (C=O) groups is 3. The van der Waals surface area contributed by atoms with Gasteiger partial charge in [0.25, 0.3) is 0 Å². The molecule has 5 heteroatoms. The predicted octanol–water partition coefficient (Wildman–Crippen LogP) is 1.32. The molecule has 0 spiro atoms. The summed E-state index contributed by atoms with van der Waals surface area (Å²) in [5.74, 6) is -2.91. The molecule has 0 bridgehead atoms. The van der Waals surface area contributed by atoms with Gasteiger partial charge in [0.2, 0.25) is 0 Å². The van der Waals surface area contributed by atoms with Crippen LogP contribution in [0, 0.1) is 12.8 Å². The summed E-state index contributed by atoms with van der Waals surface area (Å²) in [7, 11) is 1.13. The number of Topliss-reactive ketones (excluding diaryl/α,β-unsaturated/α-hetero) is 2. The highest BCUT2D eigenvalue weighted by Gasteiger charge is 2.32. The number of ketones is 2. The van der Waals surface area contributed by atoms with E-state index in [9.17, 15) is 14.4 Å². The zero-order chi connectivity index (χ0) is 14.4. The molecule has 0 amide bonds. The largest absolute Gasteiger partial charge is 0.486 e. The van der Waals surface area contributed by atoms with Gasteiger partial charge in [-0.2, -0.15) is 0 Å². The maximum Gasteiger partial charge on any atom is 0.323 e. The maximum absolute atomic E-state index is 11.8. The summed E-state index contributed by atoms with van der Waals surface area (Å²) >= 11 is 0. The number of benzene rings is 1. The maximum atomic E-state index is 11.8. The number of hydrogen-bond donors (Lipinski definition) is 0. The lowest BCUT2D eigenvalue weighted by Gasteiger charge is -2.11. The number of hydrogen-bond acceptors (Lipinski definition) is 5. The van der Waals surface area contributed by atoms with Crippen LogP contribution in [-0.4, -0.2) is 31.3 Å². The Hall–Kier alpha value is -2.17. The third-order valence-corrected chi connectivity index (χ3v) is 2.54. The fraction of sp³-hybridized carbons (Fsp3) is 0.357. The molecule has 102 valence electrons. The van der Waals surface area contributed by atoms with Crippen molar-refractivity contribution in [3.63, 3.8) is 0 Å². The van der Waals surface area contributed by atoms with Gasteiger partial charge in [0.15, 0.2) is 17.5 Å². The minimum absolute atomic E-state index is 0.344. The van der Waals surface area contributed by atoms with Crippen LogP contribution in [0.3, 0.4) is 0 Å². The van der Waals surface area contributed by atoms with Crippen LogP contribution in [-0.2, 0) is 19.1 Å². The van der Waals surface area contributed by atoms with E-state index in [1.165, 1.54) is 6.92 Å². The molecule has 0 aromatic heterocycles. The molecule has 19 heavy (non-hydrogen) atoms. The number of methoxy groups -OCH3 is 1. The molecule has 1 atom stereocenters. The fourth-order valence-corrected chi connectivity index (χ4v) is 1.58. The quantitative estimate of drug-likeness (QED) is 0.572. The van der Waals surface area contributed by atoms with Gasteiger partial charge in [0, 0.05) is 0 Å². The van der Waals surface area contributed by atoms with E-state index in [1.54, 1.807) is 18.2 Å². The van der Waals surface area contributed by atoms with Crippen molar-refractivity contribution in [3.8, 4) is 5.75 Å². The molecular weight excluding hydrogens is 248 g/mol. The van der Waals surface area contributed by atoms with E-state index in [0.29, 0.717) is 5.75 Å². The second-order valence-electron chi connectivity index (χ2n) is 4.14. The molecule has 0 aliphatic heterocycles. The van der Waals surface area contributed by atoms with Crippen LogP contribution in [0.15, 0.2) is 24.3 Å². The first-order chi connectivity index (χ1) is 8.95. The summed E-state index contributed by atoms with van der Waals surface area (Å²) in [5.41, 5.74) is 0.987. The van der Waals surface area contributed by atoms with Gasteiger partial charge in [-0.15, -0.1) is 0 Å². The fourth-order valence-electron chi connectivity index (χ4n) is 1.58. The van der Waals surface area contributed by atoms with E-state index in [-0.39, 0.29) is 6.61 Å². The van der Waals surface area contributed by atoms with E-state index in [1.807, 2.05) is 13.0 Å². The Morgan fingerprint density at radius 1 is 1.26 bits per heavy atom. The molecular formula is C14H16O5. The third kappa shape index (κ3) is 4.21. The lowest BCUT2D eigenvalue weighted by Crippen LogP contribution is -2.34. The summed E-state index contributed by atoms with van der Waals surface area (Å²) in [6.07, 6.45) is 0. The Labute approximate surface area is 111 Å². The summed E-state index contributed by atoms with van der Waals surface area (Å²) in [6.45, 7) is 2.72. The van der Waals surface area contributed by atoms with E-state index >= 15 is 0 Å². The highest BCUT2D eigenvalue weighted by molar-refractivity contribution is 6.16. The number of rotatable bonds is 6. The van der Waals surface area contributed by atoms with Crippen molar-refractivity contribution in [1.82, 2.24) is 0 Å². The van der Waals surface area contributed by atoms with Crippen LogP contribution in [0.2, 0.25) is 0 Å². The molecule has 1 unspecified atom stereocenters. The predicted molar refractivity (Wildman–Crippen MR) is 67.9 cm³/mol. The van der Waals surface area contributed by atoms with Crippen LogP contribution in [0.4, 0.5) is 0 Å². The molecule has 5 nitrogen and oxygen atoms in total. The summed E-state index contributed by atoms with van der Waals surface area (Å²) in [6, 6.07) is 7.13. The zero-order valence-electron chi connectivity index (χ0n) is 11.1. The van der Waals surface area contributed by atoms with E-state index in [4.69, 9.17) is 4.74 Å². The Bertz CT molecular complexity index is 492. The van der Waals surface area contributed by atoms with Crippen LogP contribution < -0.4 is 4.74 Å². The topological polar surface area (TPSA) is 69.7 Å². The van der Waals surface area contributed by atoms with Crippen molar-refractivity contribution < 1.29 is 23.9 Å². The number of aryl methyl sites for hydroxylation is 1. The summed E-state index contributed by atoms with van der Waals surface area (Å²) in [4.78, 5) is 34.4. The molecule has 0 N–H and O–H groups in total. The standard InChI is InChI=1S/C14H16O5/c1-9-5-4-6-11(7-9)19-8-12(16)13(10(2)15)14(17)18-3/h4-7,13H,8H2,1-3H3. The third-order valence-electron chi connectivity index (χ3n) is 2.54. The first-order valence-electron chi connectivity index (χ1n) is 5.76. The molecule has 0 saturated carbocycles. The lowest BCUT2D eigenvalue weighted by atomic mass is 10.0. The molecule has 0 aliphatic rings. The van der Waals surface area contributed by atoms with Crippen LogP contribution in [0.1, 0.15) is 12.5 Å². The van der Waals surface area contributed by atoms with Crippen molar-refractivity contribution in [2.24, 2.45) is 5.92 Å². The minimum Gasteiger partial charge on any atom is -0.486 e. The Morgan fingerprint density at radius 3 is 2.47 bits per heavy atom. The smallest absolute Gasteiger partial charge is 0.323 e. The minimum atomic E-state index is -1.41. The molecule has 0 aliphatic carbocycles. The van der Waals surface area contributed by atoms with Crippen LogP contribution >= 0.6 is 0 Å². The van der Waals surface area contributed by atoms with Gasteiger partial charge >= 0.3 is 5.97 Å². The highest BCUT2D eigenvalue weighted by Crippen LogP contribution is 2.13. The van der Waals surface area contributed by atoms with E-state index in [2.05, 4.69) is 4.74 Å². The van der Waals surface area contributed by atoms with Crippen molar-refractivity contribution in [3.05, 3.63) is 29.8 Å². The molecule has 1 rings (SSSR count). The highest BCUT2D eigenvalue weighted by atomic mass is 16.5. The van der Waals surface area contributed by atoms with Gasteiger partial charge in [-0.3, -0.25) is 14.4 Å². The number of ether oxygens (including phenoxy) is 2. The number of carbonyl (C=O) groups excluding carboxylic acids is 3. The first-order valence-corrected chi connectivity index (χ1v) is 5.76. The van der Waals surface area contributed by atoms with Gasteiger partial charge in [-0.05, 0) is 31.5 Å². The Kier molecular flexibility index (Phi) is 5.23. The SMILES string of the molecule is COC(=O)C(C(C)=O)C(=O)COc1cccc(C)c1. The Morgan fingerprint density at radius 2 is 1.95 bits per heavy atom. The molecule has 0 heterocycles. The van der Waals surface area contributed by atoms with Gasteiger partial charge in [-0.1, -0.05) is 12.1 Å². The van der Waals surface area contributed by atoms with Crippen molar-refractivity contribution in [2.45, 2.75) is 13.8 Å². The average Bonchev–Trinajstić information content (AvgIpc) is 2.36. The van der Waals surface area contributed by atoms with E-state index in [0.717, 1.165) is 12.7 Å². The molecule has 0 saturated heterocycles. The Balaban J connectivity index is 2.68. The van der Waals surface area contributed by atoms with Crippen molar-refractivity contribution in [2.75, 3.05) is 13.7 Å². The van der Waals surface area contributed by atoms with Gasteiger partial charge in [-0.25, -0.2) is 0 Å². The van der Waals surface area contributed by atoms with Gasteiger partial charge in [0.1, 0.15) is 12.4 Å². The van der Waals surface area contributed by atoms with Crippen molar-refractivity contribution in [1.29, 1.82) is 0 Å². The second kappa shape index (κ2) is 6.68. The van der Waals surface area contributed by atoms with Crippen LogP contribution in [0.5, 0.6) is 5.75 Å². The van der Waals surface area contributed by atoms with Gasteiger partial charge in [0.05, 0.1) is 7.11 Å². The zero-order valence-corrected chi connectivity index (χ0v) is 11.1. The first kappa shape index (κ1) is 14.9. The van der Waals surface area contributed by atoms with Crippen molar-refractivity contribution >= 4 is 17.5 Å². The van der Waals surface area contributed by atoms with Crippen LogP contribution in [0.25, 0.3) is 0 Å². The second-order valence-corrected chi connectivity index (χ2v) is 4.14. The molecule has 1 aromatic carbocycles. The monoisotopic (exact) mass is 264 g/mol. The average molecular weight is 264 g/mol. The normalized spacial score (nSPS) is 11.5. The molecule has 0 fully saturated rings. The van der Waals surface area contributed by atoms with Gasteiger partial charge < -0.3 is 9.47 Å². The summed E-state index contributed by atoms with van der Waals surface area (Å²) < 4.78 is 9.69. The molecule has 1 aromatic rings. The summed E-state index contributed by atoms with van der Waals surface area (Å²) in [5, 5.41) is 0. The molecule has 0 radical (unpaired) electrons. The lowest BCUT2D eigenvalue weighted by molar-refractivity contribution is -0.153.